The average Bonchev–Trinajstić information content (AvgIpc) is 2.41. The Labute approximate surface area is 119 Å². The molecule has 0 unspecified atom stereocenters. The maximum Gasteiger partial charge on any atom is 0.191 e. The van der Waals surface area contributed by atoms with Crippen molar-refractivity contribution in [3.8, 4) is 0 Å². The van der Waals surface area contributed by atoms with Gasteiger partial charge in [-0.05, 0) is 50.3 Å². The van der Waals surface area contributed by atoms with Crippen LogP contribution in [-0.4, -0.2) is 31.3 Å². The lowest BCUT2D eigenvalue weighted by atomic mass is 10.4. The van der Waals surface area contributed by atoms with Crippen LogP contribution in [0.2, 0.25) is 0 Å². The van der Waals surface area contributed by atoms with Crippen LogP contribution < -0.4 is 10.6 Å². The van der Waals surface area contributed by atoms with E-state index in [9.17, 15) is 4.39 Å². The van der Waals surface area contributed by atoms with Gasteiger partial charge >= 0.3 is 0 Å². The third kappa shape index (κ3) is 7.06. The molecule has 3 nitrogen and oxygen atoms in total. The Balaban J connectivity index is 2.22. The van der Waals surface area contributed by atoms with Crippen molar-refractivity contribution in [3.63, 3.8) is 0 Å². The number of benzene rings is 1. The van der Waals surface area contributed by atoms with E-state index in [1.807, 2.05) is 12.1 Å². The lowest BCUT2D eigenvalue weighted by molar-refractivity contribution is 0.626. The minimum absolute atomic E-state index is 0.185. The lowest BCUT2D eigenvalue weighted by Gasteiger charge is -2.08. The highest BCUT2D eigenvalue weighted by Gasteiger charge is 1.96. The van der Waals surface area contributed by atoms with Crippen LogP contribution in [0, 0.1) is 5.82 Å². The summed E-state index contributed by atoms with van der Waals surface area (Å²) in [5.41, 5.74) is 0. The van der Waals surface area contributed by atoms with Crippen molar-refractivity contribution < 1.29 is 4.39 Å². The van der Waals surface area contributed by atoms with Crippen LogP contribution in [0.3, 0.4) is 0 Å². The Hall–Kier alpha value is -1.23. The van der Waals surface area contributed by atoms with Crippen molar-refractivity contribution in [2.75, 3.05) is 25.4 Å². The molecular formula is C14H22FN3S. The van der Waals surface area contributed by atoms with Gasteiger partial charge in [-0.15, -0.1) is 11.8 Å². The van der Waals surface area contributed by atoms with E-state index in [2.05, 4.69) is 29.5 Å². The number of guanidine groups is 1. The second kappa shape index (κ2) is 9.67. The van der Waals surface area contributed by atoms with Gasteiger partial charge in [-0.25, -0.2) is 4.39 Å². The summed E-state index contributed by atoms with van der Waals surface area (Å²) < 4.78 is 12.7. The van der Waals surface area contributed by atoms with Crippen molar-refractivity contribution in [3.05, 3.63) is 30.1 Å². The zero-order valence-corrected chi connectivity index (χ0v) is 12.4. The number of thioether (sulfide) groups is 1. The van der Waals surface area contributed by atoms with Crippen molar-refractivity contribution >= 4 is 17.7 Å². The Bertz CT molecular complexity index is 371. The molecule has 2 N–H and O–H groups in total. The molecule has 0 aliphatic rings. The van der Waals surface area contributed by atoms with Crippen LogP contribution >= 0.6 is 11.8 Å². The third-order valence-corrected chi connectivity index (χ3v) is 3.44. The van der Waals surface area contributed by atoms with Crippen molar-refractivity contribution in [1.29, 1.82) is 0 Å². The first kappa shape index (κ1) is 15.8. The van der Waals surface area contributed by atoms with E-state index in [1.54, 1.807) is 11.8 Å². The molecule has 0 aliphatic heterocycles. The minimum atomic E-state index is -0.185. The molecule has 0 aliphatic carbocycles. The lowest BCUT2D eigenvalue weighted by Crippen LogP contribution is -2.37. The fraction of sp³-hybridized carbons (Fsp3) is 0.500. The van der Waals surface area contributed by atoms with Gasteiger partial charge in [0.1, 0.15) is 5.82 Å². The molecule has 0 radical (unpaired) electrons. The van der Waals surface area contributed by atoms with Crippen LogP contribution in [0.5, 0.6) is 0 Å². The normalized spacial score (nSPS) is 10.1. The number of hydrogen-bond acceptors (Lipinski definition) is 2. The summed E-state index contributed by atoms with van der Waals surface area (Å²) in [5.74, 6) is 1.67. The fourth-order valence-electron chi connectivity index (χ4n) is 1.49. The Morgan fingerprint density at radius 1 is 1.16 bits per heavy atom. The van der Waals surface area contributed by atoms with Gasteiger partial charge in [0.15, 0.2) is 5.96 Å². The smallest absolute Gasteiger partial charge is 0.191 e. The highest BCUT2D eigenvalue weighted by Crippen LogP contribution is 2.18. The van der Waals surface area contributed by atoms with E-state index in [1.165, 1.54) is 12.1 Å². The topological polar surface area (TPSA) is 36.4 Å². The molecule has 0 atom stereocenters. The maximum absolute atomic E-state index is 12.7. The van der Waals surface area contributed by atoms with Gasteiger partial charge in [-0.2, -0.15) is 0 Å². The van der Waals surface area contributed by atoms with Gasteiger partial charge in [-0.1, -0.05) is 0 Å². The van der Waals surface area contributed by atoms with Gasteiger partial charge < -0.3 is 10.6 Å². The summed E-state index contributed by atoms with van der Waals surface area (Å²) >= 11 is 1.73. The zero-order valence-electron chi connectivity index (χ0n) is 11.6. The first-order valence-corrected chi connectivity index (χ1v) is 7.65. The summed E-state index contributed by atoms with van der Waals surface area (Å²) in [6, 6.07) is 6.61. The molecule has 5 heteroatoms. The molecule has 0 aromatic heterocycles. The van der Waals surface area contributed by atoms with Gasteiger partial charge in [0.05, 0.1) is 0 Å². The molecule has 0 saturated heterocycles. The number of aliphatic imine (C=N–C) groups is 1. The van der Waals surface area contributed by atoms with E-state index < -0.39 is 0 Å². The van der Waals surface area contributed by atoms with Gasteiger partial charge in [0, 0.05) is 24.5 Å². The van der Waals surface area contributed by atoms with Crippen LogP contribution in [0.4, 0.5) is 4.39 Å². The predicted octanol–water partition coefficient (Wildman–Crippen LogP) is 2.88. The van der Waals surface area contributed by atoms with Crippen molar-refractivity contribution in [1.82, 2.24) is 10.6 Å². The van der Waals surface area contributed by atoms with E-state index in [0.717, 1.165) is 42.7 Å². The summed E-state index contributed by atoms with van der Waals surface area (Å²) in [5, 5.41) is 6.38. The molecule has 1 rings (SSSR count). The molecule has 1 aromatic rings. The zero-order chi connectivity index (χ0) is 13.9. The highest BCUT2D eigenvalue weighted by atomic mass is 32.2. The number of hydrogen-bond donors (Lipinski definition) is 2. The molecule has 0 bridgehead atoms. The van der Waals surface area contributed by atoms with E-state index in [4.69, 9.17) is 0 Å². The third-order valence-electron chi connectivity index (χ3n) is 2.34. The minimum Gasteiger partial charge on any atom is -0.357 e. The van der Waals surface area contributed by atoms with Crippen molar-refractivity contribution in [2.24, 2.45) is 4.99 Å². The van der Waals surface area contributed by atoms with Crippen molar-refractivity contribution in [2.45, 2.75) is 25.2 Å². The summed E-state index contributed by atoms with van der Waals surface area (Å²) in [6.45, 7) is 6.64. The van der Waals surface area contributed by atoms with Crippen LogP contribution in [0.25, 0.3) is 0 Å². The van der Waals surface area contributed by atoms with E-state index in [-0.39, 0.29) is 5.82 Å². The monoisotopic (exact) mass is 283 g/mol. The maximum atomic E-state index is 12.7. The number of nitrogens with zero attached hydrogens (tertiary/aromatic N) is 1. The van der Waals surface area contributed by atoms with Crippen LogP contribution in [-0.2, 0) is 0 Å². The first-order valence-electron chi connectivity index (χ1n) is 6.66. The summed E-state index contributed by atoms with van der Waals surface area (Å²) in [4.78, 5) is 5.57. The van der Waals surface area contributed by atoms with Gasteiger partial charge in [-0.3, -0.25) is 4.99 Å². The van der Waals surface area contributed by atoms with E-state index in [0.29, 0.717) is 0 Å². The second-order valence-electron chi connectivity index (χ2n) is 3.95. The number of nitrogens with one attached hydrogen (secondary N) is 2. The van der Waals surface area contributed by atoms with Crippen LogP contribution in [0.1, 0.15) is 20.3 Å². The molecule has 0 heterocycles. The molecule has 106 valence electrons. The highest BCUT2D eigenvalue weighted by molar-refractivity contribution is 7.99. The standard InChI is InChI=1S/C14H22FN3S/c1-3-16-14(17-4-2)18-10-5-11-19-13-8-6-12(15)7-9-13/h6-9H,3-5,10-11H2,1-2H3,(H2,16,17,18). The van der Waals surface area contributed by atoms with Crippen LogP contribution in [0.15, 0.2) is 34.2 Å². The Morgan fingerprint density at radius 3 is 2.37 bits per heavy atom. The molecule has 0 fully saturated rings. The molecule has 19 heavy (non-hydrogen) atoms. The Morgan fingerprint density at radius 2 is 1.79 bits per heavy atom. The predicted molar refractivity (Wildman–Crippen MR) is 81.4 cm³/mol. The number of rotatable bonds is 7. The molecule has 0 amide bonds. The average molecular weight is 283 g/mol. The number of halogens is 1. The largest absolute Gasteiger partial charge is 0.357 e. The van der Waals surface area contributed by atoms with Gasteiger partial charge in [0.2, 0.25) is 0 Å². The molecule has 0 spiro atoms. The summed E-state index contributed by atoms with van der Waals surface area (Å²) in [7, 11) is 0. The quantitative estimate of drug-likeness (QED) is 0.350. The molecule has 1 aromatic carbocycles. The van der Waals surface area contributed by atoms with E-state index >= 15 is 0 Å². The Kier molecular flexibility index (Phi) is 8.05. The summed E-state index contributed by atoms with van der Waals surface area (Å²) in [6.07, 6.45) is 1.00. The van der Waals surface area contributed by atoms with Gasteiger partial charge in [0.25, 0.3) is 0 Å². The first-order chi connectivity index (χ1) is 9.26. The SMILES string of the molecule is CCNC(=NCCCSc1ccc(F)cc1)NCC. The molecule has 0 saturated carbocycles. The molecular weight excluding hydrogens is 261 g/mol. The second-order valence-corrected chi connectivity index (χ2v) is 5.12. The fourth-order valence-corrected chi connectivity index (χ4v) is 2.32.